The Morgan fingerprint density at radius 3 is 2.80 bits per heavy atom. The summed E-state index contributed by atoms with van der Waals surface area (Å²) in [6, 6.07) is 10.1. The van der Waals surface area contributed by atoms with Crippen LogP contribution in [-0.4, -0.2) is 20.5 Å². The van der Waals surface area contributed by atoms with E-state index in [1.54, 1.807) is 0 Å². The van der Waals surface area contributed by atoms with Crippen molar-refractivity contribution in [2.24, 2.45) is 0 Å². The zero-order valence-electron chi connectivity index (χ0n) is 17.5. The molecule has 1 saturated carbocycles. The Morgan fingerprint density at radius 1 is 1.27 bits per heavy atom. The Morgan fingerprint density at radius 2 is 2.10 bits per heavy atom. The summed E-state index contributed by atoms with van der Waals surface area (Å²) in [6.45, 7) is 5.00. The molecule has 30 heavy (non-hydrogen) atoms. The zero-order chi connectivity index (χ0) is 20.7. The zero-order valence-corrected chi connectivity index (χ0v) is 17.5. The number of rotatable bonds is 7. The largest absolute Gasteiger partial charge is 0.366 e. The number of hydrogen-bond donors (Lipinski definition) is 2. The summed E-state index contributed by atoms with van der Waals surface area (Å²) in [5.41, 5.74) is 6.09. The van der Waals surface area contributed by atoms with E-state index in [-0.39, 0.29) is 5.91 Å². The quantitative estimate of drug-likeness (QED) is 0.584. The first kappa shape index (κ1) is 18.9. The highest BCUT2D eigenvalue weighted by Gasteiger charge is 2.27. The van der Waals surface area contributed by atoms with Crippen molar-refractivity contribution in [2.75, 3.05) is 10.6 Å². The summed E-state index contributed by atoms with van der Waals surface area (Å²) in [5.74, 6) is 1.92. The van der Waals surface area contributed by atoms with E-state index in [4.69, 9.17) is 4.98 Å². The van der Waals surface area contributed by atoms with E-state index in [9.17, 15) is 4.79 Å². The number of benzene rings is 1. The van der Waals surface area contributed by atoms with Gasteiger partial charge in [0, 0.05) is 41.0 Å². The van der Waals surface area contributed by atoms with Crippen molar-refractivity contribution in [3.63, 3.8) is 0 Å². The molecule has 2 N–H and O–H groups in total. The highest BCUT2D eigenvalue weighted by atomic mass is 16.1. The monoisotopic (exact) mass is 401 g/mol. The van der Waals surface area contributed by atoms with Crippen LogP contribution in [0.4, 0.5) is 11.5 Å². The van der Waals surface area contributed by atoms with E-state index in [1.807, 2.05) is 35.0 Å². The predicted molar refractivity (Wildman–Crippen MR) is 119 cm³/mol. The average molecular weight is 402 g/mol. The molecular formula is C24H27N5O. The molecule has 0 saturated heterocycles. The van der Waals surface area contributed by atoms with E-state index in [0.29, 0.717) is 18.4 Å². The molecule has 2 aliphatic carbocycles. The van der Waals surface area contributed by atoms with Gasteiger partial charge in [0.05, 0.1) is 6.20 Å². The van der Waals surface area contributed by atoms with Crippen molar-refractivity contribution >= 4 is 23.1 Å². The molecule has 1 amide bonds. The summed E-state index contributed by atoms with van der Waals surface area (Å²) in [6.07, 6.45) is 8.22. The molecule has 5 rings (SSSR count). The average Bonchev–Trinajstić information content (AvgIpc) is 3.43. The number of amides is 1. The summed E-state index contributed by atoms with van der Waals surface area (Å²) in [5, 5.41) is 11.1. The number of nitrogens with zero attached hydrogens (tertiary/aromatic N) is 3. The van der Waals surface area contributed by atoms with Crippen LogP contribution in [-0.2, 0) is 11.3 Å². The third-order valence-electron chi connectivity index (χ3n) is 5.89. The number of aromatic nitrogens is 3. The van der Waals surface area contributed by atoms with E-state index in [1.165, 1.54) is 18.4 Å². The summed E-state index contributed by atoms with van der Waals surface area (Å²) in [7, 11) is 0. The number of carbonyl (C=O) groups is 1. The lowest BCUT2D eigenvalue weighted by Gasteiger charge is -2.15. The van der Waals surface area contributed by atoms with E-state index < -0.39 is 0 Å². The second kappa shape index (κ2) is 7.59. The smallest absolute Gasteiger partial charge is 0.251 e. The lowest BCUT2D eigenvalue weighted by atomic mass is 9.98. The Kier molecular flexibility index (Phi) is 4.77. The Balaban J connectivity index is 1.37. The van der Waals surface area contributed by atoms with Gasteiger partial charge < -0.3 is 10.6 Å². The minimum atomic E-state index is 0.00836. The van der Waals surface area contributed by atoms with Crippen LogP contribution in [0.15, 0.2) is 48.2 Å². The van der Waals surface area contributed by atoms with Crippen molar-refractivity contribution in [2.45, 2.75) is 57.9 Å². The molecule has 2 aliphatic rings. The minimum absolute atomic E-state index is 0.00836. The Labute approximate surface area is 176 Å². The third-order valence-corrected chi connectivity index (χ3v) is 5.89. The lowest BCUT2D eigenvalue weighted by Crippen LogP contribution is -2.17. The number of carbonyl (C=O) groups excluding carboxylic acids is 1. The molecule has 0 unspecified atom stereocenters. The standard InChI is InChI=1S/C24H27N5O/c1-15(2)20-14-26-29-22(12-21(17-9-10-17)28-23(20)29)25-13-16-5-3-8-19(11-16)27-24(30)18-6-4-7-18/h3,5-6,8,11-12,14-15,17,25H,4,7,9-10,13H2,1-2H3,(H,27,30). The molecule has 6 heteroatoms. The molecule has 0 bridgehead atoms. The van der Waals surface area contributed by atoms with Crippen molar-refractivity contribution in [3.05, 3.63) is 65.0 Å². The number of nitrogens with one attached hydrogen (secondary N) is 2. The number of fused-ring (bicyclic) bond motifs is 1. The topological polar surface area (TPSA) is 71.3 Å². The van der Waals surface area contributed by atoms with E-state index in [0.717, 1.165) is 46.8 Å². The third kappa shape index (κ3) is 3.70. The Hall–Kier alpha value is -3.15. The highest BCUT2D eigenvalue weighted by molar-refractivity contribution is 6.04. The molecule has 2 heterocycles. The van der Waals surface area contributed by atoms with Crippen LogP contribution in [0.25, 0.3) is 5.65 Å². The molecule has 0 atom stereocenters. The SMILES string of the molecule is CC(C)c1cnn2c(NCc3cccc(NC(=O)C4=CCC4)c3)cc(C3CC3)nc12. The van der Waals surface area contributed by atoms with Crippen LogP contribution in [0, 0.1) is 0 Å². The van der Waals surface area contributed by atoms with E-state index >= 15 is 0 Å². The lowest BCUT2D eigenvalue weighted by molar-refractivity contribution is -0.113. The predicted octanol–water partition coefficient (Wildman–Crippen LogP) is 5.00. The maximum absolute atomic E-state index is 12.2. The van der Waals surface area contributed by atoms with Gasteiger partial charge in [-0.1, -0.05) is 32.1 Å². The molecular weight excluding hydrogens is 374 g/mol. The minimum Gasteiger partial charge on any atom is -0.366 e. The fourth-order valence-electron chi connectivity index (χ4n) is 3.78. The molecule has 154 valence electrons. The molecule has 6 nitrogen and oxygen atoms in total. The number of anilines is 2. The number of hydrogen-bond acceptors (Lipinski definition) is 4. The van der Waals surface area contributed by atoms with Gasteiger partial charge in [-0.15, -0.1) is 0 Å². The van der Waals surface area contributed by atoms with Crippen LogP contribution in [0.1, 0.15) is 68.2 Å². The second-order valence-corrected chi connectivity index (χ2v) is 8.61. The summed E-state index contributed by atoms with van der Waals surface area (Å²) >= 11 is 0. The van der Waals surface area contributed by atoms with Gasteiger partial charge in [-0.25, -0.2) is 4.98 Å². The van der Waals surface area contributed by atoms with E-state index in [2.05, 4.69) is 41.7 Å². The van der Waals surface area contributed by atoms with Gasteiger partial charge in [-0.2, -0.15) is 9.61 Å². The van der Waals surface area contributed by atoms with Gasteiger partial charge in [0.1, 0.15) is 5.82 Å². The molecule has 2 aromatic heterocycles. The van der Waals surface area contributed by atoms with Crippen molar-refractivity contribution < 1.29 is 4.79 Å². The van der Waals surface area contributed by atoms with Crippen LogP contribution in [0.2, 0.25) is 0 Å². The van der Waals surface area contributed by atoms with Crippen molar-refractivity contribution in [1.82, 2.24) is 14.6 Å². The first-order chi connectivity index (χ1) is 14.6. The van der Waals surface area contributed by atoms with Crippen molar-refractivity contribution in [3.8, 4) is 0 Å². The molecule has 0 spiro atoms. The molecule has 3 aromatic rings. The first-order valence-corrected chi connectivity index (χ1v) is 10.8. The second-order valence-electron chi connectivity index (χ2n) is 8.61. The molecule has 0 radical (unpaired) electrons. The van der Waals surface area contributed by atoms with Gasteiger partial charge in [0.2, 0.25) is 0 Å². The normalized spacial score (nSPS) is 15.8. The van der Waals surface area contributed by atoms with Crippen LogP contribution in [0.3, 0.4) is 0 Å². The molecule has 1 aromatic carbocycles. The molecule has 1 fully saturated rings. The van der Waals surface area contributed by atoms with Gasteiger partial charge in [-0.3, -0.25) is 4.79 Å². The molecule has 0 aliphatic heterocycles. The van der Waals surface area contributed by atoms with Gasteiger partial charge in [0.25, 0.3) is 5.91 Å². The Bertz CT molecular complexity index is 1140. The van der Waals surface area contributed by atoms with Crippen molar-refractivity contribution in [1.29, 1.82) is 0 Å². The van der Waals surface area contributed by atoms with Gasteiger partial charge >= 0.3 is 0 Å². The van der Waals surface area contributed by atoms with Crippen LogP contribution in [0.5, 0.6) is 0 Å². The fourth-order valence-corrected chi connectivity index (χ4v) is 3.78. The maximum Gasteiger partial charge on any atom is 0.251 e. The van der Waals surface area contributed by atoms with Gasteiger partial charge in [-0.05, 0) is 49.3 Å². The summed E-state index contributed by atoms with van der Waals surface area (Å²) < 4.78 is 1.91. The van der Waals surface area contributed by atoms with Gasteiger partial charge in [0.15, 0.2) is 5.65 Å². The highest BCUT2D eigenvalue weighted by Crippen LogP contribution is 2.40. The maximum atomic E-state index is 12.2. The van der Waals surface area contributed by atoms with Crippen LogP contribution < -0.4 is 10.6 Å². The first-order valence-electron chi connectivity index (χ1n) is 10.8. The fraction of sp³-hybridized carbons (Fsp3) is 0.375. The van der Waals surface area contributed by atoms with Crippen LogP contribution >= 0.6 is 0 Å². The summed E-state index contributed by atoms with van der Waals surface area (Å²) in [4.78, 5) is 17.1. The number of allylic oxidation sites excluding steroid dienone is 1.